The van der Waals surface area contributed by atoms with Gasteiger partial charge in [-0.25, -0.2) is 4.98 Å². The molecule has 0 spiro atoms. The molecule has 0 saturated carbocycles. The Bertz CT molecular complexity index is 579. The predicted molar refractivity (Wildman–Crippen MR) is 105 cm³/mol. The molecule has 0 unspecified atom stereocenters. The minimum absolute atomic E-state index is 0.143. The lowest BCUT2D eigenvalue weighted by molar-refractivity contribution is -0.121. The highest BCUT2D eigenvalue weighted by Gasteiger charge is 2.20. The summed E-state index contributed by atoms with van der Waals surface area (Å²) >= 11 is 0. The van der Waals surface area contributed by atoms with Crippen LogP contribution in [0, 0.1) is 0 Å². The highest BCUT2D eigenvalue weighted by atomic mass is 16.1. The molecule has 2 aliphatic rings. The van der Waals surface area contributed by atoms with Gasteiger partial charge in [0.25, 0.3) is 0 Å². The predicted octanol–water partition coefficient (Wildman–Crippen LogP) is 1.71. The number of carbonyl (C=O) groups excluding carboxylic acids is 1. The van der Waals surface area contributed by atoms with Crippen LogP contribution in [0.2, 0.25) is 0 Å². The monoisotopic (exact) mass is 359 g/mol. The number of nitrogens with zero attached hydrogens (tertiary/aromatic N) is 4. The standard InChI is InChI=1S/C20H33N5O/c1-17(24-10-3-4-11-24)7-8-19(26)22-16-18-6-5-9-21-20(18)25-14-12-23(2)13-15-25/h5-6,9,17H,3-4,7-8,10-16H2,1-2H3,(H,22,26)/t17-/m1/s1. The van der Waals surface area contributed by atoms with Crippen molar-refractivity contribution in [1.29, 1.82) is 0 Å². The van der Waals surface area contributed by atoms with Crippen molar-refractivity contribution >= 4 is 11.7 Å². The lowest BCUT2D eigenvalue weighted by Gasteiger charge is -2.34. The van der Waals surface area contributed by atoms with Crippen LogP contribution in [0.1, 0.15) is 38.2 Å². The Balaban J connectivity index is 1.47. The van der Waals surface area contributed by atoms with Gasteiger partial charge < -0.3 is 20.0 Å². The number of piperazine rings is 1. The highest BCUT2D eigenvalue weighted by Crippen LogP contribution is 2.19. The van der Waals surface area contributed by atoms with E-state index >= 15 is 0 Å². The van der Waals surface area contributed by atoms with Crippen molar-refractivity contribution in [1.82, 2.24) is 20.1 Å². The van der Waals surface area contributed by atoms with E-state index in [4.69, 9.17) is 0 Å². The van der Waals surface area contributed by atoms with Crippen LogP contribution in [-0.4, -0.2) is 73.0 Å². The molecule has 1 aromatic heterocycles. The average molecular weight is 360 g/mol. The number of anilines is 1. The molecule has 1 amide bonds. The molecule has 3 heterocycles. The van der Waals surface area contributed by atoms with Gasteiger partial charge in [-0.2, -0.15) is 0 Å². The first kappa shape index (κ1) is 19.1. The van der Waals surface area contributed by atoms with Crippen molar-refractivity contribution < 1.29 is 4.79 Å². The number of hydrogen-bond donors (Lipinski definition) is 1. The van der Waals surface area contributed by atoms with Gasteiger partial charge >= 0.3 is 0 Å². The number of hydrogen-bond acceptors (Lipinski definition) is 5. The van der Waals surface area contributed by atoms with E-state index in [-0.39, 0.29) is 5.91 Å². The number of aromatic nitrogens is 1. The van der Waals surface area contributed by atoms with E-state index in [1.807, 2.05) is 12.3 Å². The average Bonchev–Trinajstić information content (AvgIpc) is 3.20. The number of rotatable bonds is 7. The third kappa shape index (κ3) is 5.17. The third-order valence-electron chi connectivity index (χ3n) is 5.70. The molecule has 0 aromatic carbocycles. The van der Waals surface area contributed by atoms with Gasteiger partial charge in [-0.15, -0.1) is 0 Å². The number of carbonyl (C=O) groups is 1. The van der Waals surface area contributed by atoms with Crippen LogP contribution in [0.4, 0.5) is 5.82 Å². The molecule has 2 aliphatic heterocycles. The summed E-state index contributed by atoms with van der Waals surface area (Å²) in [6, 6.07) is 4.53. The first-order chi connectivity index (χ1) is 12.6. The lowest BCUT2D eigenvalue weighted by Crippen LogP contribution is -2.45. The summed E-state index contributed by atoms with van der Waals surface area (Å²) in [5.41, 5.74) is 1.11. The van der Waals surface area contributed by atoms with Gasteiger partial charge in [-0.1, -0.05) is 6.07 Å². The second-order valence-corrected chi connectivity index (χ2v) is 7.68. The Morgan fingerprint density at radius 3 is 2.65 bits per heavy atom. The van der Waals surface area contributed by atoms with Crippen LogP contribution in [0.15, 0.2) is 18.3 Å². The maximum Gasteiger partial charge on any atom is 0.220 e. The number of pyridine rings is 1. The van der Waals surface area contributed by atoms with E-state index in [9.17, 15) is 4.79 Å². The molecule has 0 aliphatic carbocycles. The molecule has 1 aromatic rings. The van der Waals surface area contributed by atoms with Crippen LogP contribution in [0.3, 0.4) is 0 Å². The minimum Gasteiger partial charge on any atom is -0.354 e. The van der Waals surface area contributed by atoms with Gasteiger partial charge in [0.15, 0.2) is 0 Å². The summed E-state index contributed by atoms with van der Waals surface area (Å²) in [5.74, 6) is 1.16. The van der Waals surface area contributed by atoms with Crippen molar-refractivity contribution in [3.63, 3.8) is 0 Å². The van der Waals surface area contributed by atoms with E-state index in [1.54, 1.807) is 0 Å². The molecule has 2 fully saturated rings. The van der Waals surface area contributed by atoms with Crippen LogP contribution >= 0.6 is 0 Å². The Labute approximate surface area is 157 Å². The highest BCUT2D eigenvalue weighted by molar-refractivity contribution is 5.76. The summed E-state index contributed by atoms with van der Waals surface area (Å²) < 4.78 is 0. The molecule has 2 saturated heterocycles. The number of nitrogens with one attached hydrogen (secondary N) is 1. The number of likely N-dealkylation sites (N-methyl/N-ethyl adjacent to an activating group) is 1. The molecule has 144 valence electrons. The molecule has 26 heavy (non-hydrogen) atoms. The largest absolute Gasteiger partial charge is 0.354 e. The van der Waals surface area contributed by atoms with Crippen molar-refractivity contribution in [2.24, 2.45) is 0 Å². The van der Waals surface area contributed by atoms with Gasteiger partial charge in [0, 0.05) is 56.9 Å². The summed E-state index contributed by atoms with van der Waals surface area (Å²) in [7, 11) is 2.15. The molecule has 3 rings (SSSR count). The van der Waals surface area contributed by atoms with Crippen LogP contribution < -0.4 is 10.2 Å². The third-order valence-corrected chi connectivity index (χ3v) is 5.70. The first-order valence-electron chi connectivity index (χ1n) is 10.0. The minimum atomic E-state index is 0.143. The second-order valence-electron chi connectivity index (χ2n) is 7.68. The van der Waals surface area contributed by atoms with Crippen LogP contribution in [0.25, 0.3) is 0 Å². The Hall–Kier alpha value is -1.66. The van der Waals surface area contributed by atoms with Crippen molar-refractivity contribution in [2.45, 2.75) is 45.2 Å². The van der Waals surface area contributed by atoms with Gasteiger partial charge in [0.2, 0.25) is 5.91 Å². The zero-order valence-corrected chi connectivity index (χ0v) is 16.3. The van der Waals surface area contributed by atoms with E-state index in [2.05, 4.69) is 45.0 Å². The van der Waals surface area contributed by atoms with Crippen molar-refractivity contribution in [2.75, 3.05) is 51.2 Å². The van der Waals surface area contributed by atoms with E-state index in [0.717, 1.165) is 44.0 Å². The van der Waals surface area contributed by atoms with Crippen molar-refractivity contribution in [3.05, 3.63) is 23.9 Å². The fourth-order valence-corrected chi connectivity index (χ4v) is 3.86. The summed E-state index contributed by atoms with van der Waals surface area (Å²) in [6.45, 7) is 9.26. The van der Waals surface area contributed by atoms with E-state index in [1.165, 1.54) is 25.9 Å². The summed E-state index contributed by atoms with van der Waals surface area (Å²) in [6.07, 6.45) is 5.97. The van der Waals surface area contributed by atoms with Gasteiger partial charge in [-0.05, 0) is 52.4 Å². The SMILES string of the molecule is C[C@H](CCC(=O)NCc1cccnc1N1CCN(C)CC1)N1CCCC1. The number of amides is 1. The fourth-order valence-electron chi connectivity index (χ4n) is 3.86. The van der Waals surface area contributed by atoms with Gasteiger partial charge in [0.05, 0.1) is 0 Å². The van der Waals surface area contributed by atoms with Crippen molar-refractivity contribution in [3.8, 4) is 0 Å². The molecule has 0 bridgehead atoms. The zero-order valence-electron chi connectivity index (χ0n) is 16.3. The maximum atomic E-state index is 12.3. The van der Waals surface area contributed by atoms with Crippen LogP contribution in [0.5, 0.6) is 0 Å². The fraction of sp³-hybridized carbons (Fsp3) is 0.700. The Morgan fingerprint density at radius 2 is 1.92 bits per heavy atom. The molecule has 0 radical (unpaired) electrons. The molecule has 6 heteroatoms. The van der Waals surface area contributed by atoms with Crippen LogP contribution in [-0.2, 0) is 11.3 Å². The molecular weight excluding hydrogens is 326 g/mol. The Morgan fingerprint density at radius 1 is 1.19 bits per heavy atom. The lowest BCUT2D eigenvalue weighted by atomic mass is 10.1. The van der Waals surface area contributed by atoms with E-state index < -0.39 is 0 Å². The van der Waals surface area contributed by atoms with Gasteiger partial charge in [0.1, 0.15) is 5.82 Å². The molecule has 6 nitrogen and oxygen atoms in total. The number of likely N-dealkylation sites (tertiary alicyclic amines) is 1. The summed E-state index contributed by atoms with van der Waals surface area (Å²) in [5, 5.41) is 3.10. The molecule has 1 N–H and O–H groups in total. The molecule has 1 atom stereocenters. The smallest absolute Gasteiger partial charge is 0.220 e. The second kappa shape index (κ2) is 9.33. The quantitative estimate of drug-likeness (QED) is 0.803. The maximum absolute atomic E-state index is 12.3. The van der Waals surface area contributed by atoms with E-state index in [0.29, 0.717) is 19.0 Å². The first-order valence-corrected chi connectivity index (χ1v) is 10.0. The Kier molecular flexibility index (Phi) is 6.86. The normalized spacial score (nSPS) is 20.3. The zero-order chi connectivity index (χ0) is 18.4. The molecular formula is C20H33N5O. The summed E-state index contributed by atoms with van der Waals surface area (Å²) in [4.78, 5) is 24.0. The van der Waals surface area contributed by atoms with Gasteiger partial charge in [-0.3, -0.25) is 4.79 Å². The topological polar surface area (TPSA) is 51.7 Å².